The van der Waals surface area contributed by atoms with Crippen molar-refractivity contribution in [3.63, 3.8) is 0 Å². The molecule has 1 aliphatic carbocycles. The van der Waals surface area contributed by atoms with E-state index in [-0.39, 0.29) is 6.04 Å². The standard InChI is InChI=1S/C16H27N5/c1-10(2)7-11-3-4-13-14(8-11)19-16(18)20-15(13)21-6-5-12(17)9-21/h10-12H,3-9,17H2,1-2H3,(H2,18,19,20). The van der Waals surface area contributed by atoms with Crippen molar-refractivity contribution >= 4 is 11.8 Å². The number of fused-ring (bicyclic) bond motifs is 1. The molecule has 2 aliphatic rings. The highest BCUT2D eigenvalue weighted by Crippen LogP contribution is 2.34. The maximum absolute atomic E-state index is 6.04. The average Bonchev–Trinajstić information content (AvgIpc) is 2.83. The Morgan fingerprint density at radius 3 is 2.76 bits per heavy atom. The van der Waals surface area contributed by atoms with Crippen LogP contribution in [0.4, 0.5) is 11.8 Å². The zero-order valence-corrected chi connectivity index (χ0v) is 13.2. The predicted molar refractivity (Wildman–Crippen MR) is 86.2 cm³/mol. The second-order valence-electron chi connectivity index (χ2n) is 7.06. The highest BCUT2D eigenvalue weighted by molar-refractivity contribution is 5.53. The van der Waals surface area contributed by atoms with Crippen LogP contribution < -0.4 is 16.4 Å². The van der Waals surface area contributed by atoms with Gasteiger partial charge in [-0.3, -0.25) is 0 Å². The van der Waals surface area contributed by atoms with Gasteiger partial charge in [-0.05, 0) is 43.9 Å². The van der Waals surface area contributed by atoms with Gasteiger partial charge in [0.05, 0.1) is 5.69 Å². The van der Waals surface area contributed by atoms with Crippen molar-refractivity contribution in [3.8, 4) is 0 Å². The first-order chi connectivity index (χ1) is 10.0. The fourth-order valence-corrected chi connectivity index (χ4v) is 3.79. The summed E-state index contributed by atoms with van der Waals surface area (Å²) in [5, 5.41) is 0. The molecule has 2 unspecified atom stereocenters. The van der Waals surface area contributed by atoms with Crippen LogP contribution in [0.1, 0.15) is 44.4 Å². The summed E-state index contributed by atoms with van der Waals surface area (Å²) in [6, 6.07) is 0.258. The predicted octanol–water partition coefficient (Wildman–Crippen LogP) is 1.75. The Hall–Kier alpha value is -1.36. The normalized spacial score (nSPS) is 25.4. The third-order valence-electron chi connectivity index (χ3n) is 4.70. The minimum Gasteiger partial charge on any atom is -0.368 e. The number of aromatic nitrogens is 2. The molecule has 0 radical (unpaired) electrons. The van der Waals surface area contributed by atoms with Crippen LogP contribution in [0.3, 0.4) is 0 Å². The van der Waals surface area contributed by atoms with Gasteiger partial charge in [-0.1, -0.05) is 13.8 Å². The lowest BCUT2D eigenvalue weighted by Gasteiger charge is -2.29. The average molecular weight is 289 g/mol. The number of nitrogen functional groups attached to an aromatic ring is 1. The van der Waals surface area contributed by atoms with Crippen molar-refractivity contribution in [3.05, 3.63) is 11.3 Å². The van der Waals surface area contributed by atoms with E-state index >= 15 is 0 Å². The number of hydrogen-bond acceptors (Lipinski definition) is 5. The molecule has 116 valence electrons. The van der Waals surface area contributed by atoms with Gasteiger partial charge in [-0.25, -0.2) is 4.98 Å². The van der Waals surface area contributed by atoms with Crippen LogP contribution in [-0.4, -0.2) is 29.1 Å². The molecule has 2 heterocycles. The van der Waals surface area contributed by atoms with Gasteiger partial charge in [0, 0.05) is 24.7 Å². The summed E-state index contributed by atoms with van der Waals surface area (Å²) >= 11 is 0. The molecule has 0 saturated carbocycles. The van der Waals surface area contributed by atoms with Crippen LogP contribution in [0.5, 0.6) is 0 Å². The van der Waals surface area contributed by atoms with Gasteiger partial charge in [0.1, 0.15) is 5.82 Å². The Balaban J connectivity index is 1.86. The molecular formula is C16H27N5. The highest BCUT2D eigenvalue weighted by atomic mass is 15.2. The van der Waals surface area contributed by atoms with Gasteiger partial charge in [-0.2, -0.15) is 4.98 Å². The summed E-state index contributed by atoms with van der Waals surface area (Å²) in [5.41, 5.74) is 14.5. The number of rotatable bonds is 3. The van der Waals surface area contributed by atoms with Gasteiger partial charge < -0.3 is 16.4 Å². The number of hydrogen-bond donors (Lipinski definition) is 2. The fourth-order valence-electron chi connectivity index (χ4n) is 3.79. The van der Waals surface area contributed by atoms with Crippen LogP contribution in [0.25, 0.3) is 0 Å². The lowest BCUT2D eigenvalue weighted by Crippen LogP contribution is -2.30. The molecule has 5 nitrogen and oxygen atoms in total. The molecule has 0 spiro atoms. The first kappa shape index (κ1) is 14.6. The van der Waals surface area contributed by atoms with Crippen molar-refractivity contribution in [2.24, 2.45) is 17.6 Å². The van der Waals surface area contributed by atoms with Gasteiger partial charge in [0.15, 0.2) is 0 Å². The lowest BCUT2D eigenvalue weighted by atomic mass is 9.82. The quantitative estimate of drug-likeness (QED) is 0.886. The van der Waals surface area contributed by atoms with Gasteiger partial charge in [0.2, 0.25) is 5.95 Å². The van der Waals surface area contributed by atoms with Crippen molar-refractivity contribution in [2.75, 3.05) is 23.7 Å². The smallest absolute Gasteiger partial charge is 0.222 e. The summed E-state index contributed by atoms with van der Waals surface area (Å²) < 4.78 is 0. The molecule has 1 aromatic heterocycles. The second kappa shape index (κ2) is 5.79. The molecule has 21 heavy (non-hydrogen) atoms. The Morgan fingerprint density at radius 2 is 2.10 bits per heavy atom. The summed E-state index contributed by atoms with van der Waals surface area (Å²) in [6.07, 6.45) is 5.68. The molecule has 1 aliphatic heterocycles. The summed E-state index contributed by atoms with van der Waals surface area (Å²) in [6.45, 7) is 6.46. The van der Waals surface area contributed by atoms with E-state index in [0.717, 1.165) is 50.0 Å². The van der Waals surface area contributed by atoms with E-state index in [1.165, 1.54) is 24.1 Å². The van der Waals surface area contributed by atoms with Crippen LogP contribution in [0, 0.1) is 11.8 Å². The summed E-state index contributed by atoms with van der Waals surface area (Å²) in [4.78, 5) is 11.4. The number of anilines is 2. The summed E-state index contributed by atoms with van der Waals surface area (Å²) in [7, 11) is 0. The van der Waals surface area contributed by atoms with E-state index in [1.807, 2.05) is 0 Å². The maximum Gasteiger partial charge on any atom is 0.222 e. The van der Waals surface area contributed by atoms with E-state index in [1.54, 1.807) is 0 Å². The Morgan fingerprint density at radius 1 is 1.29 bits per heavy atom. The van der Waals surface area contributed by atoms with Gasteiger partial charge in [-0.15, -0.1) is 0 Å². The Bertz CT molecular complexity index is 514. The monoisotopic (exact) mass is 289 g/mol. The molecule has 1 fully saturated rings. The molecule has 3 rings (SSSR count). The maximum atomic E-state index is 6.04. The van der Waals surface area contributed by atoms with E-state index in [4.69, 9.17) is 11.5 Å². The highest BCUT2D eigenvalue weighted by Gasteiger charge is 2.28. The van der Waals surface area contributed by atoms with Crippen molar-refractivity contribution < 1.29 is 0 Å². The van der Waals surface area contributed by atoms with Crippen LogP contribution in [-0.2, 0) is 12.8 Å². The zero-order valence-electron chi connectivity index (χ0n) is 13.2. The molecule has 1 saturated heterocycles. The summed E-state index contributed by atoms with van der Waals surface area (Å²) in [5.74, 6) is 2.94. The van der Waals surface area contributed by atoms with Crippen molar-refractivity contribution in [1.82, 2.24) is 9.97 Å². The Kier molecular flexibility index (Phi) is 4.02. The third-order valence-corrected chi connectivity index (χ3v) is 4.70. The molecule has 4 N–H and O–H groups in total. The second-order valence-corrected chi connectivity index (χ2v) is 7.06. The number of nitrogens with zero attached hydrogens (tertiary/aromatic N) is 3. The molecule has 0 bridgehead atoms. The number of nitrogens with two attached hydrogens (primary N) is 2. The minimum absolute atomic E-state index is 0.258. The molecular weight excluding hydrogens is 262 g/mol. The van der Waals surface area contributed by atoms with E-state index in [2.05, 4.69) is 28.7 Å². The molecule has 0 aromatic carbocycles. The van der Waals surface area contributed by atoms with E-state index in [0.29, 0.717) is 5.95 Å². The topological polar surface area (TPSA) is 81.1 Å². The fraction of sp³-hybridized carbons (Fsp3) is 0.750. The van der Waals surface area contributed by atoms with Crippen LogP contribution in [0.15, 0.2) is 0 Å². The van der Waals surface area contributed by atoms with Gasteiger partial charge >= 0.3 is 0 Å². The lowest BCUT2D eigenvalue weighted by molar-refractivity contribution is 0.365. The van der Waals surface area contributed by atoms with E-state index < -0.39 is 0 Å². The van der Waals surface area contributed by atoms with Crippen LogP contribution in [0.2, 0.25) is 0 Å². The minimum atomic E-state index is 0.258. The first-order valence-corrected chi connectivity index (χ1v) is 8.18. The van der Waals surface area contributed by atoms with Crippen molar-refractivity contribution in [1.29, 1.82) is 0 Å². The SMILES string of the molecule is CC(C)CC1CCc2c(nc(N)nc2N2CCC(N)C2)C1. The molecule has 2 atom stereocenters. The zero-order chi connectivity index (χ0) is 15.0. The van der Waals surface area contributed by atoms with E-state index in [9.17, 15) is 0 Å². The molecule has 1 aromatic rings. The Labute approximate surface area is 127 Å². The third kappa shape index (κ3) is 3.12. The van der Waals surface area contributed by atoms with Gasteiger partial charge in [0.25, 0.3) is 0 Å². The van der Waals surface area contributed by atoms with Crippen LogP contribution >= 0.6 is 0 Å². The largest absolute Gasteiger partial charge is 0.368 e. The first-order valence-electron chi connectivity index (χ1n) is 8.18. The molecule has 0 amide bonds. The van der Waals surface area contributed by atoms with Crippen molar-refractivity contribution in [2.45, 2.75) is 52.0 Å². The molecule has 5 heteroatoms.